The van der Waals surface area contributed by atoms with Crippen LogP contribution < -0.4 is 5.32 Å². The number of carboxylic acids is 1. The number of hydrogen-bond donors (Lipinski definition) is 2. The lowest BCUT2D eigenvalue weighted by molar-refractivity contribution is -0.0704. The van der Waals surface area contributed by atoms with Crippen LogP contribution in [0.1, 0.15) is 40.4 Å². The molecule has 2 unspecified atom stereocenters. The van der Waals surface area contributed by atoms with Crippen molar-refractivity contribution in [3.63, 3.8) is 0 Å². The Morgan fingerprint density at radius 1 is 1.15 bits per heavy atom. The average molecular weight is 370 g/mol. The first-order valence-corrected chi connectivity index (χ1v) is 8.75. The van der Waals surface area contributed by atoms with Gasteiger partial charge in [0.2, 0.25) is 0 Å². The number of rotatable bonds is 5. The summed E-state index contributed by atoms with van der Waals surface area (Å²) in [5.41, 5.74) is 1.53. The molecule has 1 aromatic heterocycles. The smallest absolute Gasteiger partial charge is 0.356 e. The molecule has 2 heterocycles. The van der Waals surface area contributed by atoms with Crippen molar-refractivity contribution >= 4 is 17.6 Å². The van der Waals surface area contributed by atoms with Gasteiger partial charge in [0.05, 0.1) is 24.6 Å². The molecular formula is C19H22N4O4. The van der Waals surface area contributed by atoms with E-state index in [2.05, 4.69) is 34.0 Å². The number of anilines is 1. The van der Waals surface area contributed by atoms with Crippen LogP contribution in [0.15, 0.2) is 36.7 Å². The van der Waals surface area contributed by atoms with Crippen LogP contribution >= 0.6 is 0 Å². The van der Waals surface area contributed by atoms with Crippen LogP contribution in [-0.2, 0) is 11.3 Å². The molecule has 3 rings (SSSR count). The standard InChI is InChI=1S/C19H22N4O4/c1-12-9-23(10-13(2)27-12)11-14-5-3-4-6-15(14)22-18(24)16-7-21-17(8-20-16)19(25)26/h3-8,12-13H,9-11H2,1-2H3,(H,22,24)(H,25,26). The van der Waals surface area contributed by atoms with Crippen molar-refractivity contribution in [1.82, 2.24) is 14.9 Å². The maximum atomic E-state index is 12.4. The number of aromatic nitrogens is 2. The number of ether oxygens (including phenoxy) is 1. The quantitative estimate of drug-likeness (QED) is 0.830. The average Bonchev–Trinajstić information content (AvgIpc) is 2.62. The van der Waals surface area contributed by atoms with Crippen molar-refractivity contribution in [1.29, 1.82) is 0 Å². The highest BCUT2D eigenvalue weighted by atomic mass is 16.5. The van der Waals surface area contributed by atoms with Gasteiger partial charge in [-0.2, -0.15) is 0 Å². The third-order valence-corrected chi connectivity index (χ3v) is 4.26. The Bertz CT molecular complexity index is 815. The lowest BCUT2D eigenvalue weighted by Crippen LogP contribution is -2.44. The largest absolute Gasteiger partial charge is 0.476 e. The van der Waals surface area contributed by atoms with Gasteiger partial charge in [0.15, 0.2) is 5.69 Å². The molecular weight excluding hydrogens is 348 g/mol. The Morgan fingerprint density at radius 2 is 1.78 bits per heavy atom. The summed E-state index contributed by atoms with van der Waals surface area (Å²) < 4.78 is 5.76. The molecule has 0 radical (unpaired) electrons. The molecule has 0 aliphatic carbocycles. The van der Waals surface area contributed by atoms with Gasteiger partial charge in [-0.25, -0.2) is 14.8 Å². The number of nitrogens with one attached hydrogen (secondary N) is 1. The van der Waals surface area contributed by atoms with Crippen LogP contribution in [0.2, 0.25) is 0 Å². The van der Waals surface area contributed by atoms with Gasteiger partial charge < -0.3 is 15.2 Å². The number of para-hydroxylation sites is 1. The van der Waals surface area contributed by atoms with Crippen LogP contribution in [-0.4, -0.2) is 57.1 Å². The van der Waals surface area contributed by atoms with Gasteiger partial charge in [-0.3, -0.25) is 9.69 Å². The van der Waals surface area contributed by atoms with Crippen molar-refractivity contribution in [2.24, 2.45) is 0 Å². The highest BCUT2D eigenvalue weighted by molar-refractivity contribution is 6.03. The van der Waals surface area contributed by atoms with Crippen LogP contribution in [0.3, 0.4) is 0 Å². The number of carbonyl (C=O) groups excluding carboxylic acids is 1. The molecule has 0 bridgehead atoms. The van der Waals surface area contributed by atoms with Crippen molar-refractivity contribution in [2.75, 3.05) is 18.4 Å². The number of hydrogen-bond acceptors (Lipinski definition) is 6. The second-order valence-corrected chi connectivity index (χ2v) is 6.65. The SMILES string of the molecule is CC1CN(Cc2ccccc2NC(=O)c2cnc(C(=O)O)cn2)CC(C)O1. The third kappa shape index (κ3) is 4.87. The number of benzene rings is 1. The Balaban J connectivity index is 1.71. The van der Waals surface area contributed by atoms with Gasteiger partial charge in [-0.1, -0.05) is 18.2 Å². The number of aromatic carboxylic acids is 1. The number of nitrogens with zero attached hydrogens (tertiary/aromatic N) is 3. The molecule has 8 nitrogen and oxygen atoms in total. The van der Waals surface area contributed by atoms with E-state index in [0.717, 1.165) is 31.0 Å². The summed E-state index contributed by atoms with van der Waals surface area (Å²) in [6, 6.07) is 7.59. The highest BCUT2D eigenvalue weighted by Crippen LogP contribution is 2.20. The van der Waals surface area contributed by atoms with E-state index in [9.17, 15) is 9.59 Å². The zero-order valence-corrected chi connectivity index (χ0v) is 15.3. The zero-order valence-electron chi connectivity index (χ0n) is 15.3. The zero-order chi connectivity index (χ0) is 19.4. The van der Waals surface area contributed by atoms with Crippen molar-refractivity contribution in [3.05, 3.63) is 53.6 Å². The van der Waals surface area contributed by atoms with E-state index in [-0.39, 0.29) is 23.6 Å². The molecule has 0 saturated carbocycles. The second-order valence-electron chi connectivity index (χ2n) is 6.65. The lowest BCUT2D eigenvalue weighted by atomic mass is 10.1. The fourth-order valence-electron chi connectivity index (χ4n) is 3.18. The summed E-state index contributed by atoms with van der Waals surface area (Å²) in [5.74, 6) is -1.62. The summed E-state index contributed by atoms with van der Waals surface area (Å²) in [6.07, 6.45) is 2.56. The van der Waals surface area contributed by atoms with Crippen LogP contribution in [0, 0.1) is 0 Å². The molecule has 1 amide bonds. The van der Waals surface area contributed by atoms with Gasteiger partial charge in [-0.05, 0) is 25.5 Å². The Kier molecular flexibility index (Phi) is 5.78. The summed E-state index contributed by atoms with van der Waals surface area (Å²) in [4.78, 5) is 33.2. The fourth-order valence-corrected chi connectivity index (χ4v) is 3.18. The lowest BCUT2D eigenvalue weighted by Gasteiger charge is -2.35. The predicted octanol–water partition coefficient (Wildman–Crippen LogP) is 2.04. The Labute approximate surface area is 157 Å². The van der Waals surface area contributed by atoms with E-state index in [0.29, 0.717) is 12.2 Å². The van der Waals surface area contributed by atoms with E-state index < -0.39 is 11.9 Å². The molecule has 1 aliphatic heterocycles. The number of carboxylic acid groups (broad SMARTS) is 1. The minimum absolute atomic E-state index is 0.0587. The number of morpholine rings is 1. The molecule has 2 aromatic rings. The summed E-state index contributed by atoms with van der Waals surface area (Å²) in [6.45, 7) is 6.45. The molecule has 1 saturated heterocycles. The number of carbonyl (C=O) groups is 2. The van der Waals surface area contributed by atoms with Gasteiger partial charge in [-0.15, -0.1) is 0 Å². The summed E-state index contributed by atoms with van der Waals surface area (Å²) in [7, 11) is 0. The van der Waals surface area contributed by atoms with Crippen LogP contribution in [0.5, 0.6) is 0 Å². The van der Waals surface area contributed by atoms with E-state index in [1.807, 2.05) is 24.3 Å². The van der Waals surface area contributed by atoms with Crippen LogP contribution in [0.4, 0.5) is 5.69 Å². The van der Waals surface area contributed by atoms with Crippen molar-refractivity contribution in [3.8, 4) is 0 Å². The fraction of sp³-hybridized carbons (Fsp3) is 0.368. The molecule has 1 aromatic carbocycles. The molecule has 2 atom stereocenters. The monoisotopic (exact) mass is 370 g/mol. The first kappa shape index (κ1) is 18.9. The van der Waals surface area contributed by atoms with E-state index in [1.54, 1.807) is 0 Å². The molecule has 2 N–H and O–H groups in total. The minimum Gasteiger partial charge on any atom is -0.476 e. The van der Waals surface area contributed by atoms with Gasteiger partial charge in [0, 0.05) is 25.3 Å². The Hall–Kier alpha value is -2.84. The van der Waals surface area contributed by atoms with E-state index in [1.165, 1.54) is 0 Å². The molecule has 1 aliphatic rings. The Morgan fingerprint density at radius 3 is 2.41 bits per heavy atom. The molecule has 142 valence electrons. The summed E-state index contributed by atoms with van der Waals surface area (Å²) in [5, 5.41) is 11.7. The maximum absolute atomic E-state index is 12.4. The molecule has 27 heavy (non-hydrogen) atoms. The molecule has 8 heteroatoms. The first-order valence-electron chi connectivity index (χ1n) is 8.75. The highest BCUT2D eigenvalue weighted by Gasteiger charge is 2.23. The van der Waals surface area contributed by atoms with Gasteiger partial charge in [0.25, 0.3) is 5.91 Å². The molecule has 1 fully saturated rings. The third-order valence-electron chi connectivity index (χ3n) is 4.26. The minimum atomic E-state index is -1.19. The topological polar surface area (TPSA) is 105 Å². The van der Waals surface area contributed by atoms with Gasteiger partial charge >= 0.3 is 5.97 Å². The maximum Gasteiger partial charge on any atom is 0.356 e. The van der Waals surface area contributed by atoms with E-state index in [4.69, 9.17) is 9.84 Å². The normalized spacial score (nSPS) is 20.2. The first-order chi connectivity index (χ1) is 12.9. The number of amides is 1. The van der Waals surface area contributed by atoms with Gasteiger partial charge in [0.1, 0.15) is 5.69 Å². The second kappa shape index (κ2) is 8.24. The summed E-state index contributed by atoms with van der Waals surface area (Å²) >= 11 is 0. The van der Waals surface area contributed by atoms with Crippen molar-refractivity contribution in [2.45, 2.75) is 32.6 Å². The predicted molar refractivity (Wildman–Crippen MR) is 98.7 cm³/mol. The molecule has 0 spiro atoms. The van der Waals surface area contributed by atoms with Crippen molar-refractivity contribution < 1.29 is 19.4 Å². The van der Waals surface area contributed by atoms with E-state index >= 15 is 0 Å². The van der Waals surface area contributed by atoms with Crippen LogP contribution in [0.25, 0.3) is 0 Å².